The Hall–Kier alpha value is -3.67. The number of imidazole rings is 1. The summed E-state index contributed by atoms with van der Waals surface area (Å²) in [5.74, 6) is -2.94. The van der Waals surface area contributed by atoms with Crippen LogP contribution in [0, 0.1) is 5.82 Å². The molecule has 0 saturated carbocycles. The molecule has 0 aliphatic carbocycles. The highest BCUT2D eigenvalue weighted by Gasteiger charge is 2.38. The Labute approximate surface area is 194 Å². The Kier molecular flexibility index (Phi) is 6.42. The zero-order valence-electron chi connectivity index (χ0n) is 17.3. The minimum atomic E-state index is -4.75. The second-order valence-electron chi connectivity index (χ2n) is 7.24. The summed E-state index contributed by atoms with van der Waals surface area (Å²) in [6, 6.07) is 11.3. The molecular weight excluding hydrogens is 476 g/mol. The van der Waals surface area contributed by atoms with Crippen molar-refractivity contribution in [2.45, 2.75) is 12.7 Å². The number of nitrogens with one attached hydrogen (secondary N) is 1. The van der Waals surface area contributed by atoms with Crippen LogP contribution in [0.5, 0.6) is 0 Å². The van der Waals surface area contributed by atoms with Crippen LogP contribution in [-0.2, 0) is 22.3 Å². The van der Waals surface area contributed by atoms with Gasteiger partial charge in [-0.1, -0.05) is 24.3 Å². The Balaban J connectivity index is 1.39. The average molecular weight is 492 g/mol. The van der Waals surface area contributed by atoms with Crippen LogP contribution in [0.1, 0.15) is 11.4 Å². The smallest absolute Gasteiger partial charge is 0.353 e. The molecule has 1 fully saturated rings. The van der Waals surface area contributed by atoms with Gasteiger partial charge in [0.15, 0.2) is 0 Å². The van der Waals surface area contributed by atoms with Gasteiger partial charge in [0, 0.05) is 13.1 Å². The van der Waals surface area contributed by atoms with Gasteiger partial charge in [0.05, 0.1) is 15.9 Å². The van der Waals surface area contributed by atoms with Gasteiger partial charge in [-0.25, -0.2) is 9.37 Å². The number of aromatic nitrogens is 2. The molecule has 0 radical (unpaired) electrons. The molecule has 0 atom stereocenters. The van der Waals surface area contributed by atoms with Crippen molar-refractivity contribution < 1.29 is 31.9 Å². The largest absolute Gasteiger partial charge is 0.449 e. The Morgan fingerprint density at radius 1 is 1.09 bits per heavy atom. The zero-order valence-corrected chi connectivity index (χ0v) is 18.1. The van der Waals surface area contributed by atoms with E-state index in [4.69, 9.17) is 0 Å². The molecule has 3 amide bonds. The maximum absolute atomic E-state index is 13.4. The van der Waals surface area contributed by atoms with Gasteiger partial charge in [0.2, 0.25) is 11.7 Å². The summed E-state index contributed by atoms with van der Waals surface area (Å²) in [6.45, 7) is -0.940. The summed E-state index contributed by atoms with van der Waals surface area (Å²) in [5.41, 5.74) is 0.795. The number of carbonyl (C=O) groups is 3. The number of amides is 3. The number of benzene rings is 2. The van der Waals surface area contributed by atoms with E-state index >= 15 is 0 Å². The SMILES string of the molecule is O=C(Cn1c(C(F)(F)F)nc2ccccc21)NCCN1C(=O)S/C(=C/c2ccc(F)cc2)C1=O. The van der Waals surface area contributed by atoms with Crippen molar-refractivity contribution in [1.82, 2.24) is 19.8 Å². The number of hydrogen-bond donors (Lipinski definition) is 1. The highest BCUT2D eigenvalue weighted by Crippen LogP contribution is 2.32. The minimum absolute atomic E-state index is 0.105. The van der Waals surface area contributed by atoms with Crippen LogP contribution >= 0.6 is 11.8 Å². The van der Waals surface area contributed by atoms with Crippen LogP contribution in [0.4, 0.5) is 22.4 Å². The lowest BCUT2D eigenvalue weighted by molar-refractivity contribution is -0.147. The molecule has 176 valence electrons. The first-order valence-electron chi connectivity index (χ1n) is 9.93. The number of rotatable bonds is 6. The maximum Gasteiger partial charge on any atom is 0.449 e. The van der Waals surface area contributed by atoms with Gasteiger partial charge in [-0.3, -0.25) is 19.3 Å². The number of nitrogens with zero attached hydrogens (tertiary/aromatic N) is 3. The first kappa shape index (κ1) is 23.5. The van der Waals surface area contributed by atoms with Crippen molar-refractivity contribution in [1.29, 1.82) is 0 Å². The molecule has 3 aromatic rings. The first-order chi connectivity index (χ1) is 16.1. The van der Waals surface area contributed by atoms with Gasteiger partial charge in [0.1, 0.15) is 12.4 Å². The van der Waals surface area contributed by atoms with Crippen LogP contribution < -0.4 is 5.32 Å². The summed E-state index contributed by atoms with van der Waals surface area (Å²) in [4.78, 5) is 41.7. The molecule has 4 rings (SSSR count). The van der Waals surface area contributed by atoms with Gasteiger partial charge in [-0.05, 0) is 47.7 Å². The molecule has 0 spiro atoms. The minimum Gasteiger partial charge on any atom is -0.353 e. The zero-order chi connectivity index (χ0) is 24.5. The third kappa shape index (κ3) is 4.96. The highest BCUT2D eigenvalue weighted by atomic mass is 32.2. The lowest BCUT2D eigenvalue weighted by Gasteiger charge is -2.14. The van der Waals surface area contributed by atoms with E-state index in [1.54, 1.807) is 6.07 Å². The average Bonchev–Trinajstić information content (AvgIpc) is 3.28. The van der Waals surface area contributed by atoms with Crippen LogP contribution in [0.25, 0.3) is 17.1 Å². The Morgan fingerprint density at radius 3 is 2.50 bits per heavy atom. The third-order valence-electron chi connectivity index (χ3n) is 4.91. The summed E-state index contributed by atoms with van der Waals surface area (Å²) in [7, 11) is 0. The molecule has 1 saturated heterocycles. The molecule has 2 heterocycles. The molecule has 1 N–H and O–H groups in total. The lowest BCUT2D eigenvalue weighted by atomic mass is 10.2. The number of imide groups is 1. The molecule has 0 unspecified atom stereocenters. The summed E-state index contributed by atoms with van der Waals surface area (Å²) < 4.78 is 53.9. The van der Waals surface area contributed by atoms with Crippen molar-refractivity contribution in [3.05, 3.63) is 70.6 Å². The van der Waals surface area contributed by atoms with Crippen LogP contribution in [0.15, 0.2) is 53.4 Å². The predicted octanol–water partition coefficient (Wildman–Crippen LogP) is 4.05. The number of thioether (sulfide) groups is 1. The van der Waals surface area contributed by atoms with E-state index < -0.39 is 41.4 Å². The second-order valence-corrected chi connectivity index (χ2v) is 8.24. The van der Waals surface area contributed by atoms with Gasteiger partial charge in [0.25, 0.3) is 11.1 Å². The Bertz CT molecular complexity index is 1300. The van der Waals surface area contributed by atoms with E-state index in [-0.39, 0.29) is 29.0 Å². The normalized spacial score (nSPS) is 15.5. The molecule has 1 aliphatic rings. The summed E-state index contributed by atoms with van der Waals surface area (Å²) in [6.07, 6.45) is -3.30. The molecule has 2 aromatic carbocycles. The number of hydrogen-bond acceptors (Lipinski definition) is 5. The summed E-state index contributed by atoms with van der Waals surface area (Å²) >= 11 is 0.704. The van der Waals surface area contributed by atoms with Gasteiger partial charge >= 0.3 is 6.18 Å². The quantitative estimate of drug-likeness (QED) is 0.415. The van der Waals surface area contributed by atoms with Crippen molar-refractivity contribution in [3.63, 3.8) is 0 Å². The van der Waals surface area contributed by atoms with Crippen molar-refractivity contribution in [2.75, 3.05) is 13.1 Å². The number of fused-ring (bicyclic) bond motifs is 1. The maximum atomic E-state index is 13.4. The van der Waals surface area contributed by atoms with Crippen molar-refractivity contribution in [2.24, 2.45) is 0 Å². The van der Waals surface area contributed by atoms with E-state index in [1.165, 1.54) is 48.5 Å². The van der Waals surface area contributed by atoms with Crippen LogP contribution in [-0.4, -0.2) is 44.6 Å². The number of carbonyl (C=O) groups excluding carboxylic acids is 3. The van der Waals surface area contributed by atoms with E-state index in [9.17, 15) is 31.9 Å². The Morgan fingerprint density at radius 2 is 1.79 bits per heavy atom. The fraction of sp³-hybridized carbons (Fsp3) is 0.182. The third-order valence-corrected chi connectivity index (χ3v) is 5.82. The van der Waals surface area contributed by atoms with Gasteiger partial charge in [-0.2, -0.15) is 13.2 Å². The molecule has 7 nitrogen and oxygen atoms in total. The topological polar surface area (TPSA) is 84.3 Å². The lowest BCUT2D eigenvalue weighted by Crippen LogP contribution is -2.38. The molecule has 12 heteroatoms. The molecule has 1 aliphatic heterocycles. The van der Waals surface area contributed by atoms with Crippen molar-refractivity contribution >= 4 is 45.9 Å². The molecule has 0 bridgehead atoms. The first-order valence-corrected chi connectivity index (χ1v) is 10.8. The monoisotopic (exact) mass is 492 g/mol. The fourth-order valence-corrected chi connectivity index (χ4v) is 4.23. The molecule has 34 heavy (non-hydrogen) atoms. The molecule has 1 aromatic heterocycles. The standard InChI is InChI=1S/C22H16F4N4O3S/c23-14-7-5-13(6-8-14)11-17-19(32)29(21(33)34-17)10-9-27-18(31)12-30-16-4-2-1-3-15(16)28-20(30)22(24,25)26/h1-8,11H,9-10,12H2,(H,27,31)/b17-11+. The second kappa shape index (κ2) is 9.29. The predicted molar refractivity (Wildman–Crippen MR) is 117 cm³/mol. The van der Waals surface area contributed by atoms with E-state index in [0.717, 1.165) is 9.47 Å². The summed E-state index contributed by atoms with van der Waals surface area (Å²) in [5, 5.41) is 1.88. The number of para-hydroxylation sites is 2. The fourth-order valence-electron chi connectivity index (χ4n) is 3.36. The van der Waals surface area contributed by atoms with Gasteiger partial charge in [-0.15, -0.1) is 0 Å². The van der Waals surface area contributed by atoms with Crippen molar-refractivity contribution in [3.8, 4) is 0 Å². The van der Waals surface area contributed by atoms with E-state index in [2.05, 4.69) is 10.3 Å². The van der Waals surface area contributed by atoms with E-state index in [1.807, 2.05) is 0 Å². The molecular formula is C22H16F4N4O3S. The van der Waals surface area contributed by atoms with Gasteiger partial charge < -0.3 is 9.88 Å². The highest BCUT2D eigenvalue weighted by molar-refractivity contribution is 8.18. The number of halogens is 4. The van der Waals surface area contributed by atoms with Crippen LogP contribution in [0.3, 0.4) is 0 Å². The van der Waals surface area contributed by atoms with E-state index in [0.29, 0.717) is 17.3 Å². The van der Waals surface area contributed by atoms with Crippen LogP contribution in [0.2, 0.25) is 0 Å². The number of alkyl halides is 3.